The van der Waals surface area contributed by atoms with E-state index in [-0.39, 0.29) is 0 Å². The molecule has 0 spiro atoms. The number of para-hydroxylation sites is 1. The van der Waals surface area contributed by atoms with Gasteiger partial charge in [-0.25, -0.2) is 0 Å². The summed E-state index contributed by atoms with van der Waals surface area (Å²) < 4.78 is 0. The molecule has 13 rings (SSSR count). The zero-order chi connectivity index (χ0) is 47.8. The lowest BCUT2D eigenvalue weighted by molar-refractivity contribution is 0.769. The van der Waals surface area contributed by atoms with Gasteiger partial charge < -0.3 is 4.90 Å². The Labute approximate surface area is 422 Å². The quantitative estimate of drug-likeness (QED) is 0.132. The van der Waals surface area contributed by atoms with E-state index in [2.05, 4.69) is 302 Å². The highest BCUT2D eigenvalue weighted by Crippen LogP contribution is 2.57. The number of nitrogens with zero attached hydrogens (tertiary/aromatic N) is 1. The summed E-state index contributed by atoms with van der Waals surface area (Å²) in [4.78, 5) is 2.42. The molecule has 0 heterocycles. The molecule has 0 radical (unpaired) electrons. The van der Waals surface area contributed by atoms with Crippen LogP contribution in [0.4, 0.5) is 17.1 Å². The van der Waals surface area contributed by atoms with Crippen LogP contribution in [-0.4, -0.2) is 0 Å². The standard InChI is InChI=1S/C71H49N/c1-4-18-50(19-5-1)51-34-36-52(37-35-51)53-38-43-61(44-39-53)72(70-33-15-13-29-65(70)58-23-16-22-57(48-58)64-31-17-21-55-20-10-11-28-63(55)64)62-45-40-54(41-46-62)56-42-47-67-66-30-12-14-32-68(66)71(69(67)49-56,59-24-6-2-7-25-59)60-26-8-3-9-27-60/h1-49H. The molecule has 0 N–H and O–H groups in total. The van der Waals surface area contributed by atoms with E-state index in [0.717, 1.165) is 33.8 Å². The third-order valence-corrected chi connectivity index (χ3v) is 14.8. The fourth-order valence-corrected chi connectivity index (χ4v) is 11.4. The Balaban J connectivity index is 0.920. The number of fused-ring (bicyclic) bond motifs is 4. The third kappa shape index (κ3) is 7.42. The molecule has 0 saturated heterocycles. The van der Waals surface area contributed by atoms with E-state index in [1.165, 1.54) is 83.1 Å². The fourth-order valence-electron chi connectivity index (χ4n) is 11.4. The van der Waals surface area contributed by atoms with E-state index in [9.17, 15) is 0 Å². The van der Waals surface area contributed by atoms with Crippen LogP contribution in [0.15, 0.2) is 297 Å². The Bertz CT molecular complexity index is 3830. The van der Waals surface area contributed by atoms with Crippen LogP contribution >= 0.6 is 0 Å². The van der Waals surface area contributed by atoms with Crippen molar-refractivity contribution in [2.24, 2.45) is 0 Å². The highest BCUT2D eigenvalue weighted by Gasteiger charge is 2.46. The molecule has 0 unspecified atom stereocenters. The first-order chi connectivity index (χ1) is 35.7. The summed E-state index contributed by atoms with van der Waals surface area (Å²) in [7, 11) is 0. The van der Waals surface area contributed by atoms with Crippen molar-refractivity contribution in [1.29, 1.82) is 0 Å². The van der Waals surface area contributed by atoms with Gasteiger partial charge in [-0.15, -0.1) is 0 Å². The molecule has 72 heavy (non-hydrogen) atoms. The summed E-state index contributed by atoms with van der Waals surface area (Å²) in [5.41, 5.74) is 22.4. The zero-order valence-corrected chi connectivity index (χ0v) is 39.7. The Morgan fingerprint density at radius 1 is 0.236 bits per heavy atom. The maximum Gasteiger partial charge on any atom is 0.0713 e. The van der Waals surface area contributed by atoms with Crippen molar-refractivity contribution in [3.05, 3.63) is 320 Å². The second-order valence-corrected chi connectivity index (χ2v) is 18.8. The first kappa shape index (κ1) is 42.8. The molecule has 0 aliphatic heterocycles. The number of hydrogen-bond acceptors (Lipinski definition) is 1. The molecule has 1 heteroatoms. The van der Waals surface area contributed by atoms with Crippen molar-refractivity contribution in [3.8, 4) is 66.8 Å². The molecule has 1 aliphatic carbocycles. The molecule has 0 saturated carbocycles. The molecule has 338 valence electrons. The summed E-state index contributed by atoms with van der Waals surface area (Å²) in [6, 6.07) is 109. The van der Waals surface area contributed by atoms with Crippen LogP contribution in [0, 0.1) is 0 Å². The van der Waals surface area contributed by atoms with Gasteiger partial charge in [0.15, 0.2) is 0 Å². The van der Waals surface area contributed by atoms with Crippen molar-refractivity contribution in [2.75, 3.05) is 4.90 Å². The second kappa shape index (κ2) is 18.2. The third-order valence-electron chi connectivity index (χ3n) is 14.8. The first-order valence-corrected chi connectivity index (χ1v) is 24.9. The number of anilines is 3. The largest absolute Gasteiger partial charge is 0.310 e. The predicted octanol–water partition coefficient (Wildman–Crippen LogP) is 19.0. The van der Waals surface area contributed by atoms with Gasteiger partial charge in [0.2, 0.25) is 0 Å². The summed E-state index contributed by atoms with van der Waals surface area (Å²) in [5, 5.41) is 2.49. The van der Waals surface area contributed by atoms with E-state index in [4.69, 9.17) is 0 Å². The zero-order valence-electron chi connectivity index (χ0n) is 39.7. The topological polar surface area (TPSA) is 3.24 Å². The molecule has 1 nitrogen and oxygen atoms in total. The minimum absolute atomic E-state index is 0.466. The van der Waals surface area contributed by atoms with Gasteiger partial charge in [-0.05, 0) is 137 Å². The Hall–Kier alpha value is -9.30. The summed E-state index contributed by atoms with van der Waals surface area (Å²) in [6.07, 6.45) is 0. The maximum atomic E-state index is 2.45. The molecule has 0 atom stereocenters. The van der Waals surface area contributed by atoms with Crippen molar-refractivity contribution < 1.29 is 0 Å². The number of hydrogen-bond donors (Lipinski definition) is 0. The van der Waals surface area contributed by atoms with Gasteiger partial charge in [0.25, 0.3) is 0 Å². The van der Waals surface area contributed by atoms with Crippen LogP contribution in [0.25, 0.3) is 77.5 Å². The molecule has 12 aromatic rings. The normalized spacial score (nSPS) is 12.3. The minimum Gasteiger partial charge on any atom is -0.310 e. The van der Waals surface area contributed by atoms with Crippen molar-refractivity contribution >= 4 is 27.8 Å². The molecule has 0 amide bonds. The van der Waals surface area contributed by atoms with Gasteiger partial charge >= 0.3 is 0 Å². The average molecular weight is 916 g/mol. The summed E-state index contributed by atoms with van der Waals surface area (Å²) >= 11 is 0. The molecular weight excluding hydrogens is 867 g/mol. The lowest BCUT2D eigenvalue weighted by atomic mass is 9.67. The van der Waals surface area contributed by atoms with Gasteiger partial charge in [-0.1, -0.05) is 255 Å². The molecule has 12 aromatic carbocycles. The Morgan fingerprint density at radius 3 is 1.31 bits per heavy atom. The molecule has 0 bridgehead atoms. The van der Waals surface area contributed by atoms with Crippen LogP contribution < -0.4 is 4.90 Å². The van der Waals surface area contributed by atoms with E-state index >= 15 is 0 Å². The SMILES string of the molecule is c1ccc(-c2ccc(-c3ccc(N(c4ccc(-c5ccc6c(c5)C(c5ccccc5)(c5ccccc5)c5ccccc5-6)cc4)c4ccccc4-c4cccc(-c5cccc6ccccc56)c4)cc3)cc2)cc1. The van der Waals surface area contributed by atoms with E-state index < -0.39 is 5.41 Å². The van der Waals surface area contributed by atoms with Crippen molar-refractivity contribution in [1.82, 2.24) is 0 Å². The maximum absolute atomic E-state index is 2.45. The van der Waals surface area contributed by atoms with Crippen LogP contribution in [0.2, 0.25) is 0 Å². The lowest BCUT2D eigenvalue weighted by Crippen LogP contribution is -2.28. The van der Waals surface area contributed by atoms with Gasteiger partial charge in [-0.2, -0.15) is 0 Å². The second-order valence-electron chi connectivity index (χ2n) is 18.8. The fraction of sp³-hybridized carbons (Fsp3) is 0.0141. The molecule has 0 aromatic heterocycles. The molecule has 0 fully saturated rings. The van der Waals surface area contributed by atoms with Gasteiger partial charge in [-0.3, -0.25) is 0 Å². The van der Waals surface area contributed by atoms with Crippen LogP contribution in [0.5, 0.6) is 0 Å². The van der Waals surface area contributed by atoms with Crippen LogP contribution in [-0.2, 0) is 5.41 Å². The average Bonchev–Trinajstić information content (AvgIpc) is 3.77. The van der Waals surface area contributed by atoms with Crippen LogP contribution in [0.3, 0.4) is 0 Å². The van der Waals surface area contributed by atoms with Gasteiger partial charge in [0.05, 0.1) is 11.1 Å². The number of rotatable bonds is 10. The van der Waals surface area contributed by atoms with Gasteiger partial charge in [0.1, 0.15) is 0 Å². The molecular formula is C71H49N. The van der Waals surface area contributed by atoms with Crippen molar-refractivity contribution in [2.45, 2.75) is 5.41 Å². The minimum atomic E-state index is -0.466. The Kier molecular flexibility index (Phi) is 10.8. The Morgan fingerprint density at radius 2 is 0.653 bits per heavy atom. The highest BCUT2D eigenvalue weighted by molar-refractivity contribution is 5.98. The van der Waals surface area contributed by atoms with Crippen LogP contribution in [0.1, 0.15) is 22.3 Å². The summed E-state index contributed by atoms with van der Waals surface area (Å²) in [6.45, 7) is 0. The van der Waals surface area contributed by atoms with E-state index in [0.29, 0.717) is 0 Å². The summed E-state index contributed by atoms with van der Waals surface area (Å²) in [5.74, 6) is 0. The van der Waals surface area contributed by atoms with Gasteiger partial charge in [0, 0.05) is 16.9 Å². The predicted molar refractivity (Wildman–Crippen MR) is 303 cm³/mol. The lowest BCUT2D eigenvalue weighted by Gasteiger charge is -2.34. The van der Waals surface area contributed by atoms with Crippen molar-refractivity contribution in [3.63, 3.8) is 0 Å². The number of benzene rings is 12. The van der Waals surface area contributed by atoms with E-state index in [1.54, 1.807) is 0 Å². The van der Waals surface area contributed by atoms with E-state index in [1.807, 2.05) is 0 Å². The smallest absolute Gasteiger partial charge is 0.0713 e. The monoisotopic (exact) mass is 915 g/mol. The highest BCUT2D eigenvalue weighted by atomic mass is 15.1. The first-order valence-electron chi connectivity index (χ1n) is 24.9. The molecule has 1 aliphatic rings.